The van der Waals surface area contributed by atoms with Crippen LogP contribution in [0.15, 0.2) is 0 Å². The molecule has 2 atom stereocenters. The van der Waals surface area contributed by atoms with Crippen molar-refractivity contribution in [3.63, 3.8) is 0 Å². The van der Waals surface area contributed by atoms with Gasteiger partial charge in [-0.1, -0.05) is 6.92 Å². The van der Waals surface area contributed by atoms with Gasteiger partial charge >= 0.3 is 6.18 Å². The van der Waals surface area contributed by atoms with E-state index in [1.165, 1.54) is 11.0 Å². The van der Waals surface area contributed by atoms with Gasteiger partial charge in [-0.2, -0.15) is 18.4 Å². The average molecular weight is 248 g/mol. The van der Waals surface area contributed by atoms with E-state index in [2.05, 4.69) is 0 Å². The molecule has 0 radical (unpaired) electrons. The van der Waals surface area contributed by atoms with Crippen molar-refractivity contribution >= 4 is 5.91 Å². The number of hydrogen-bond donors (Lipinski definition) is 0. The number of rotatable bonds is 2. The molecule has 3 nitrogen and oxygen atoms in total. The van der Waals surface area contributed by atoms with Gasteiger partial charge in [-0.25, -0.2) is 0 Å². The van der Waals surface area contributed by atoms with Crippen LogP contribution in [-0.2, 0) is 4.79 Å². The minimum atomic E-state index is -4.56. The summed E-state index contributed by atoms with van der Waals surface area (Å²) in [6.45, 7) is 1.75. The van der Waals surface area contributed by atoms with Crippen LogP contribution >= 0.6 is 0 Å². The van der Waals surface area contributed by atoms with Gasteiger partial charge in [0.15, 0.2) is 5.92 Å². The Morgan fingerprint density at radius 3 is 2.71 bits per heavy atom. The Bertz CT molecular complexity index is 322. The van der Waals surface area contributed by atoms with Crippen molar-refractivity contribution in [3.05, 3.63) is 0 Å². The lowest BCUT2D eigenvalue weighted by Crippen LogP contribution is -2.39. The molecule has 1 rings (SSSR count). The van der Waals surface area contributed by atoms with Gasteiger partial charge in [0.1, 0.15) is 0 Å². The van der Waals surface area contributed by atoms with Gasteiger partial charge in [0.05, 0.1) is 6.07 Å². The fraction of sp³-hybridized carbons (Fsp3) is 0.818. The molecule has 0 aliphatic carbocycles. The third kappa shape index (κ3) is 3.91. The fourth-order valence-corrected chi connectivity index (χ4v) is 1.80. The van der Waals surface area contributed by atoms with Crippen molar-refractivity contribution in [2.45, 2.75) is 32.4 Å². The molecule has 1 aliphatic rings. The lowest BCUT2D eigenvalue weighted by molar-refractivity contribution is -0.165. The summed E-state index contributed by atoms with van der Waals surface area (Å²) in [5.41, 5.74) is 0. The molecular formula is C11H15F3N2O. The summed E-state index contributed by atoms with van der Waals surface area (Å²) in [5, 5.41) is 8.49. The van der Waals surface area contributed by atoms with Gasteiger partial charge in [0.25, 0.3) is 0 Å². The second-order valence-electron chi connectivity index (χ2n) is 4.50. The highest BCUT2D eigenvalue weighted by Crippen LogP contribution is 2.27. The number of hydrogen-bond acceptors (Lipinski definition) is 2. The molecular weight excluding hydrogens is 233 g/mol. The maximum absolute atomic E-state index is 12.4. The van der Waals surface area contributed by atoms with Crippen molar-refractivity contribution in [1.29, 1.82) is 5.26 Å². The zero-order chi connectivity index (χ0) is 13.1. The number of amides is 1. The van der Waals surface area contributed by atoms with Crippen LogP contribution in [0.1, 0.15) is 26.2 Å². The first kappa shape index (κ1) is 13.8. The average Bonchev–Trinajstić information content (AvgIpc) is 2.38. The molecule has 1 amide bonds. The van der Waals surface area contributed by atoms with Crippen LogP contribution in [0.2, 0.25) is 0 Å². The van der Waals surface area contributed by atoms with E-state index in [1.807, 2.05) is 6.92 Å². The van der Waals surface area contributed by atoms with Gasteiger partial charge in [-0.3, -0.25) is 4.79 Å². The van der Waals surface area contributed by atoms with E-state index in [0.717, 1.165) is 0 Å². The Morgan fingerprint density at radius 2 is 2.18 bits per heavy atom. The summed E-state index contributed by atoms with van der Waals surface area (Å²) in [6.07, 6.45) is -2.88. The first-order valence-electron chi connectivity index (χ1n) is 5.58. The van der Waals surface area contributed by atoms with E-state index in [-0.39, 0.29) is 12.3 Å². The Labute approximate surface area is 98.2 Å². The standard InChI is InChI=1S/C11H15F3N2O/c1-8-2-3-10(17)16(5-4-8)7-9(6-15)11(12,13)14/h8-9H,2-5,7H2,1H3. The van der Waals surface area contributed by atoms with Crippen molar-refractivity contribution in [2.75, 3.05) is 13.1 Å². The fourth-order valence-electron chi connectivity index (χ4n) is 1.80. The van der Waals surface area contributed by atoms with Gasteiger partial charge in [0.2, 0.25) is 5.91 Å². The molecule has 96 valence electrons. The van der Waals surface area contributed by atoms with E-state index in [0.29, 0.717) is 25.3 Å². The molecule has 1 aliphatic heterocycles. The zero-order valence-electron chi connectivity index (χ0n) is 9.63. The predicted molar refractivity (Wildman–Crippen MR) is 54.8 cm³/mol. The first-order chi connectivity index (χ1) is 7.84. The second kappa shape index (κ2) is 5.39. The molecule has 0 aromatic rings. The molecule has 0 spiro atoms. The quantitative estimate of drug-likeness (QED) is 0.752. The van der Waals surface area contributed by atoms with Crippen LogP contribution in [0, 0.1) is 23.2 Å². The number of alkyl halides is 3. The summed E-state index contributed by atoms with van der Waals surface area (Å²) in [7, 11) is 0. The Morgan fingerprint density at radius 1 is 1.53 bits per heavy atom. The number of likely N-dealkylation sites (tertiary alicyclic amines) is 1. The molecule has 0 bridgehead atoms. The highest BCUT2D eigenvalue weighted by atomic mass is 19.4. The van der Waals surface area contributed by atoms with Crippen LogP contribution in [-0.4, -0.2) is 30.1 Å². The second-order valence-corrected chi connectivity index (χ2v) is 4.50. The van der Waals surface area contributed by atoms with E-state index in [4.69, 9.17) is 5.26 Å². The lowest BCUT2D eigenvalue weighted by atomic mass is 10.0. The van der Waals surface area contributed by atoms with E-state index in [9.17, 15) is 18.0 Å². The smallest absolute Gasteiger partial charge is 0.341 e. The van der Waals surface area contributed by atoms with Crippen LogP contribution in [0.25, 0.3) is 0 Å². The van der Waals surface area contributed by atoms with E-state index < -0.39 is 18.6 Å². The Kier molecular flexibility index (Phi) is 4.38. The molecule has 0 N–H and O–H groups in total. The Hall–Kier alpha value is -1.25. The maximum atomic E-state index is 12.4. The first-order valence-corrected chi connectivity index (χ1v) is 5.58. The monoisotopic (exact) mass is 248 g/mol. The number of halogens is 3. The number of nitrogens with zero attached hydrogens (tertiary/aromatic N) is 2. The highest BCUT2D eigenvalue weighted by Gasteiger charge is 2.41. The minimum Gasteiger partial charge on any atom is -0.341 e. The predicted octanol–water partition coefficient (Wildman–Crippen LogP) is 2.34. The summed E-state index contributed by atoms with van der Waals surface area (Å²) in [5.74, 6) is -2.02. The zero-order valence-corrected chi connectivity index (χ0v) is 9.63. The topological polar surface area (TPSA) is 44.1 Å². The van der Waals surface area contributed by atoms with Crippen LogP contribution in [0.3, 0.4) is 0 Å². The van der Waals surface area contributed by atoms with Crippen LogP contribution < -0.4 is 0 Å². The number of nitriles is 1. The molecule has 0 saturated carbocycles. The molecule has 1 fully saturated rings. The Balaban J connectivity index is 2.66. The van der Waals surface area contributed by atoms with Gasteiger partial charge in [0, 0.05) is 19.5 Å². The summed E-state index contributed by atoms with van der Waals surface area (Å²) < 4.78 is 37.3. The van der Waals surface area contributed by atoms with Gasteiger partial charge in [-0.05, 0) is 18.8 Å². The molecule has 0 aromatic heterocycles. The van der Waals surface area contributed by atoms with Crippen molar-refractivity contribution in [1.82, 2.24) is 4.90 Å². The van der Waals surface area contributed by atoms with E-state index >= 15 is 0 Å². The van der Waals surface area contributed by atoms with Gasteiger partial charge in [-0.15, -0.1) is 0 Å². The summed E-state index contributed by atoms with van der Waals surface area (Å²) in [4.78, 5) is 12.8. The lowest BCUT2D eigenvalue weighted by Gasteiger charge is -2.24. The molecule has 6 heteroatoms. The van der Waals surface area contributed by atoms with Crippen molar-refractivity contribution in [2.24, 2.45) is 11.8 Å². The number of carbonyl (C=O) groups is 1. The largest absolute Gasteiger partial charge is 0.406 e. The van der Waals surface area contributed by atoms with Crippen LogP contribution in [0.5, 0.6) is 0 Å². The van der Waals surface area contributed by atoms with Crippen molar-refractivity contribution in [3.8, 4) is 6.07 Å². The number of carbonyl (C=O) groups excluding carboxylic acids is 1. The van der Waals surface area contributed by atoms with Crippen molar-refractivity contribution < 1.29 is 18.0 Å². The molecule has 2 unspecified atom stereocenters. The molecule has 1 heterocycles. The SMILES string of the molecule is CC1CCC(=O)N(CC(C#N)C(F)(F)F)CC1. The summed E-state index contributed by atoms with van der Waals surface area (Å²) >= 11 is 0. The third-order valence-electron chi connectivity index (χ3n) is 3.05. The normalized spacial score (nSPS) is 24.1. The molecule has 1 saturated heterocycles. The highest BCUT2D eigenvalue weighted by molar-refractivity contribution is 5.76. The minimum absolute atomic E-state index is 0.275. The van der Waals surface area contributed by atoms with Crippen LogP contribution in [0.4, 0.5) is 13.2 Å². The van der Waals surface area contributed by atoms with E-state index in [1.54, 1.807) is 0 Å². The van der Waals surface area contributed by atoms with Gasteiger partial charge < -0.3 is 4.90 Å². The molecule has 17 heavy (non-hydrogen) atoms. The molecule has 0 aromatic carbocycles. The summed E-state index contributed by atoms with van der Waals surface area (Å²) in [6, 6.07) is 1.22. The maximum Gasteiger partial charge on any atom is 0.406 e. The third-order valence-corrected chi connectivity index (χ3v) is 3.05.